The van der Waals surface area contributed by atoms with E-state index in [0.717, 1.165) is 56.0 Å². The van der Waals surface area contributed by atoms with E-state index in [9.17, 15) is 4.79 Å². The summed E-state index contributed by atoms with van der Waals surface area (Å²) in [5.41, 5.74) is 1.99. The first kappa shape index (κ1) is 17.4. The Kier molecular flexibility index (Phi) is 4.58. The van der Waals surface area contributed by atoms with Crippen molar-refractivity contribution < 1.29 is 0 Å². The molecule has 0 radical (unpaired) electrons. The molecule has 1 fully saturated rings. The maximum Gasteiger partial charge on any atom is 0.349 e. The molecule has 0 amide bonds. The molecule has 28 heavy (non-hydrogen) atoms. The third-order valence-corrected chi connectivity index (χ3v) is 5.81. The average Bonchev–Trinajstić information content (AvgIpc) is 3.15. The van der Waals surface area contributed by atoms with Crippen molar-refractivity contribution in [1.82, 2.24) is 19.4 Å². The summed E-state index contributed by atoms with van der Waals surface area (Å²) < 4.78 is 1.79. The number of hydrogen-bond donors (Lipinski definition) is 1. The normalized spacial score (nSPS) is 20.2. The zero-order chi connectivity index (χ0) is 18.9. The van der Waals surface area contributed by atoms with Gasteiger partial charge in [-0.05, 0) is 17.7 Å². The van der Waals surface area contributed by atoms with Gasteiger partial charge in [0.2, 0.25) is 0 Å². The summed E-state index contributed by atoms with van der Waals surface area (Å²) >= 11 is 0. The van der Waals surface area contributed by atoms with Crippen LogP contribution in [0.15, 0.2) is 59.4 Å². The number of piperazine rings is 1. The zero-order valence-electron chi connectivity index (χ0n) is 15.9. The lowest BCUT2D eigenvalue weighted by Crippen LogP contribution is -2.49. The van der Waals surface area contributed by atoms with Crippen LogP contribution in [0.3, 0.4) is 0 Å². The maximum atomic E-state index is 12.4. The predicted molar refractivity (Wildman–Crippen MR) is 112 cm³/mol. The van der Waals surface area contributed by atoms with Gasteiger partial charge < -0.3 is 5.32 Å². The van der Waals surface area contributed by atoms with E-state index in [1.165, 1.54) is 5.56 Å². The number of nitrogens with zero attached hydrogens (tertiary/aromatic N) is 4. The average molecular weight is 375 g/mol. The molecule has 1 unspecified atom stereocenters. The predicted octanol–water partition coefficient (Wildman–Crippen LogP) is 2.01. The fourth-order valence-electron chi connectivity index (χ4n) is 4.35. The van der Waals surface area contributed by atoms with Gasteiger partial charge in [-0.3, -0.25) is 14.4 Å². The second-order valence-electron chi connectivity index (χ2n) is 7.77. The van der Waals surface area contributed by atoms with Crippen molar-refractivity contribution in [3.8, 4) is 0 Å². The van der Waals surface area contributed by atoms with Crippen LogP contribution < -0.4 is 11.0 Å². The number of rotatable bonds is 4. The fourth-order valence-corrected chi connectivity index (χ4v) is 4.35. The van der Waals surface area contributed by atoms with E-state index in [0.29, 0.717) is 6.54 Å². The minimum absolute atomic E-state index is 0.156. The molecule has 2 aliphatic rings. The molecule has 1 saturated heterocycles. The lowest BCUT2D eigenvalue weighted by atomic mass is 10.2. The monoisotopic (exact) mass is 375 g/mol. The highest BCUT2D eigenvalue weighted by Crippen LogP contribution is 2.25. The Labute approximate surface area is 164 Å². The number of nitrogens with one attached hydrogen (secondary N) is 1. The lowest BCUT2D eigenvalue weighted by molar-refractivity contribution is 0.123. The molecule has 2 aliphatic heterocycles. The second kappa shape index (κ2) is 7.37. The van der Waals surface area contributed by atoms with Crippen LogP contribution in [0.25, 0.3) is 10.9 Å². The van der Waals surface area contributed by atoms with Crippen LogP contribution in [-0.2, 0) is 13.1 Å². The number of para-hydroxylation sites is 1. The molecule has 144 valence electrons. The summed E-state index contributed by atoms with van der Waals surface area (Å²) in [6.45, 7) is 6.96. The van der Waals surface area contributed by atoms with Crippen molar-refractivity contribution in [2.24, 2.45) is 0 Å². The molecule has 6 nitrogen and oxygen atoms in total. The quantitative estimate of drug-likeness (QED) is 0.756. The summed E-state index contributed by atoms with van der Waals surface area (Å²) in [4.78, 5) is 21.6. The summed E-state index contributed by atoms with van der Waals surface area (Å²) in [5, 5.41) is 4.61. The third kappa shape index (κ3) is 3.41. The smallest absolute Gasteiger partial charge is 0.349 e. The molecule has 1 aromatic heterocycles. The van der Waals surface area contributed by atoms with Gasteiger partial charge in [0.05, 0.1) is 18.1 Å². The largest absolute Gasteiger partial charge is 0.365 e. The van der Waals surface area contributed by atoms with Crippen LogP contribution >= 0.6 is 0 Å². The molecule has 6 heteroatoms. The van der Waals surface area contributed by atoms with E-state index in [1.807, 2.05) is 24.3 Å². The van der Waals surface area contributed by atoms with Gasteiger partial charge in [-0.25, -0.2) is 4.79 Å². The number of aromatic nitrogens is 2. The summed E-state index contributed by atoms with van der Waals surface area (Å²) in [6.07, 6.45) is 0. The molecule has 3 aromatic rings. The Morgan fingerprint density at radius 1 is 0.929 bits per heavy atom. The van der Waals surface area contributed by atoms with Gasteiger partial charge in [-0.1, -0.05) is 42.5 Å². The highest BCUT2D eigenvalue weighted by Gasteiger charge is 2.27. The number of hydrogen-bond acceptors (Lipinski definition) is 5. The molecular weight excluding hydrogens is 350 g/mol. The molecule has 1 atom stereocenters. The van der Waals surface area contributed by atoms with Crippen molar-refractivity contribution in [3.05, 3.63) is 70.6 Å². The number of fused-ring (bicyclic) bond motifs is 3. The SMILES string of the molecule is O=c1nc2ccccc2c2n1CC(CN1CCN(Cc3ccccc3)CC1)N2. The van der Waals surface area contributed by atoms with Gasteiger partial charge in [0, 0.05) is 44.7 Å². The molecule has 2 aromatic carbocycles. The van der Waals surface area contributed by atoms with Crippen LogP contribution in [0, 0.1) is 0 Å². The van der Waals surface area contributed by atoms with Crippen molar-refractivity contribution in [2.45, 2.75) is 19.1 Å². The van der Waals surface area contributed by atoms with Crippen molar-refractivity contribution in [2.75, 3.05) is 38.0 Å². The minimum atomic E-state index is -0.156. The zero-order valence-corrected chi connectivity index (χ0v) is 15.9. The fraction of sp³-hybridized carbons (Fsp3) is 0.364. The Hall–Kier alpha value is -2.70. The van der Waals surface area contributed by atoms with Crippen LogP contribution in [0.4, 0.5) is 5.82 Å². The third-order valence-electron chi connectivity index (χ3n) is 5.81. The highest BCUT2D eigenvalue weighted by atomic mass is 16.1. The van der Waals surface area contributed by atoms with Gasteiger partial charge in [0.15, 0.2) is 0 Å². The first-order valence-corrected chi connectivity index (χ1v) is 10.0. The van der Waals surface area contributed by atoms with E-state index in [-0.39, 0.29) is 11.7 Å². The summed E-state index contributed by atoms with van der Waals surface area (Å²) in [6, 6.07) is 18.8. The Balaban J connectivity index is 1.21. The van der Waals surface area contributed by atoms with Gasteiger partial charge in [-0.15, -0.1) is 0 Å². The molecule has 0 saturated carbocycles. The molecule has 3 heterocycles. The number of anilines is 1. The number of benzene rings is 2. The van der Waals surface area contributed by atoms with Gasteiger partial charge >= 0.3 is 5.69 Å². The van der Waals surface area contributed by atoms with Gasteiger partial charge in [-0.2, -0.15) is 4.98 Å². The summed E-state index contributed by atoms with van der Waals surface area (Å²) in [5.74, 6) is 0.920. The van der Waals surface area contributed by atoms with E-state index >= 15 is 0 Å². The molecule has 5 rings (SSSR count). The Morgan fingerprint density at radius 3 is 2.46 bits per heavy atom. The maximum absolute atomic E-state index is 12.4. The standard InChI is InChI=1S/C22H25N5O/c28-22-24-20-9-5-4-8-19(20)21-23-18(16-27(21)22)15-26-12-10-25(11-13-26)14-17-6-2-1-3-7-17/h1-9,18,23H,10-16H2. The summed E-state index contributed by atoms with van der Waals surface area (Å²) in [7, 11) is 0. The molecule has 0 aliphatic carbocycles. The highest BCUT2D eigenvalue weighted by molar-refractivity contribution is 5.89. The Bertz CT molecular complexity index is 1020. The van der Waals surface area contributed by atoms with Crippen molar-refractivity contribution in [3.63, 3.8) is 0 Å². The van der Waals surface area contributed by atoms with Crippen LogP contribution in [0.1, 0.15) is 5.56 Å². The molecular formula is C22H25N5O. The van der Waals surface area contributed by atoms with Crippen LogP contribution in [0.5, 0.6) is 0 Å². The lowest BCUT2D eigenvalue weighted by Gasteiger charge is -2.35. The Morgan fingerprint density at radius 2 is 1.64 bits per heavy atom. The van der Waals surface area contributed by atoms with Crippen LogP contribution in [0.2, 0.25) is 0 Å². The first-order valence-electron chi connectivity index (χ1n) is 10.0. The van der Waals surface area contributed by atoms with Crippen molar-refractivity contribution >= 4 is 16.7 Å². The van der Waals surface area contributed by atoms with E-state index in [2.05, 4.69) is 50.4 Å². The van der Waals surface area contributed by atoms with Gasteiger partial charge in [0.1, 0.15) is 5.82 Å². The molecule has 0 spiro atoms. The topological polar surface area (TPSA) is 53.4 Å². The molecule has 0 bridgehead atoms. The first-order chi connectivity index (χ1) is 13.8. The van der Waals surface area contributed by atoms with E-state index in [4.69, 9.17) is 0 Å². The minimum Gasteiger partial charge on any atom is -0.365 e. The van der Waals surface area contributed by atoms with Crippen LogP contribution in [-0.4, -0.2) is 58.1 Å². The van der Waals surface area contributed by atoms with Crippen molar-refractivity contribution in [1.29, 1.82) is 0 Å². The van der Waals surface area contributed by atoms with E-state index in [1.54, 1.807) is 4.57 Å². The second-order valence-corrected chi connectivity index (χ2v) is 7.77. The molecule has 1 N–H and O–H groups in total. The van der Waals surface area contributed by atoms with Gasteiger partial charge in [0.25, 0.3) is 0 Å². The van der Waals surface area contributed by atoms with E-state index < -0.39 is 0 Å².